The molecule has 0 spiro atoms. The molecule has 1 atom stereocenters. The number of nitrogens with two attached hydrogens (primary N) is 1. The topological polar surface area (TPSA) is 72.1 Å². The number of carbonyl (C=O) groups excluding carboxylic acids is 1. The number of carbonyl (C=O) groups is 1. The zero-order valence-electron chi connectivity index (χ0n) is 11.6. The number of hydrogen-bond acceptors (Lipinski definition) is 5. The van der Waals surface area contributed by atoms with Crippen molar-refractivity contribution in [3.05, 3.63) is 45.9 Å². The van der Waals surface area contributed by atoms with Crippen LogP contribution in [0, 0.1) is 0 Å². The van der Waals surface area contributed by atoms with E-state index in [9.17, 15) is 4.79 Å². The number of benzene rings is 1. The summed E-state index contributed by atoms with van der Waals surface area (Å²) < 4.78 is 0. The minimum absolute atomic E-state index is 0.0174. The predicted molar refractivity (Wildman–Crippen MR) is 79.1 cm³/mol. The number of hydrogen-bond donors (Lipinski definition) is 1. The summed E-state index contributed by atoms with van der Waals surface area (Å²) in [6.07, 6.45) is 0.718. The molecule has 1 amide bonds. The number of likely N-dealkylation sites (N-methyl/N-ethyl adjacent to an activating group) is 1. The van der Waals surface area contributed by atoms with Crippen molar-refractivity contribution in [3.8, 4) is 0 Å². The molecule has 0 fully saturated rings. The Kier molecular flexibility index (Phi) is 4.81. The highest BCUT2D eigenvalue weighted by Gasteiger charge is 2.22. The monoisotopic (exact) mass is 290 g/mol. The van der Waals surface area contributed by atoms with Crippen molar-refractivity contribution in [1.29, 1.82) is 0 Å². The maximum absolute atomic E-state index is 11.6. The van der Waals surface area contributed by atoms with Crippen LogP contribution >= 0.6 is 11.3 Å². The van der Waals surface area contributed by atoms with Crippen LogP contribution in [-0.4, -0.2) is 28.1 Å². The van der Waals surface area contributed by atoms with Crippen LogP contribution in [0.15, 0.2) is 29.8 Å². The minimum atomic E-state index is -0.0799. The van der Waals surface area contributed by atoms with E-state index >= 15 is 0 Å². The first-order valence-electron chi connectivity index (χ1n) is 6.39. The minimum Gasteiger partial charge on any atom is -0.336 e. The summed E-state index contributed by atoms with van der Waals surface area (Å²) in [7, 11) is 1.79. The quantitative estimate of drug-likeness (QED) is 0.910. The molecule has 6 heteroatoms. The van der Waals surface area contributed by atoms with Crippen LogP contribution < -0.4 is 5.73 Å². The Morgan fingerprint density at radius 2 is 2.00 bits per heavy atom. The summed E-state index contributed by atoms with van der Waals surface area (Å²) in [5.41, 5.74) is 9.53. The molecule has 0 saturated carbocycles. The standard InChI is InChI=1S/C14H18N4OS/c1-10(19)18(2)13(14-17-16-9-20-14)7-11-3-5-12(8-15)6-4-11/h3-6,9,13H,7-8,15H2,1-2H3. The highest BCUT2D eigenvalue weighted by Crippen LogP contribution is 2.25. The van der Waals surface area contributed by atoms with Crippen LogP contribution in [0.3, 0.4) is 0 Å². The van der Waals surface area contributed by atoms with Crippen molar-refractivity contribution in [2.75, 3.05) is 7.05 Å². The smallest absolute Gasteiger partial charge is 0.219 e. The van der Waals surface area contributed by atoms with E-state index in [0.29, 0.717) is 6.54 Å². The van der Waals surface area contributed by atoms with Gasteiger partial charge in [-0.15, -0.1) is 21.5 Å². The molecule has 0 aliphatic rings. The zero-order valence-corrected chi connectivity index (χ0v) is 12.4. The second-order valence-electron chi connectivity index (χ2n) is 4.65. The van der Waals surface area contributed by atoms with E-state index in [1.807, 2.05) is 24.3 Å². The Morgan fingerprint density at radius 3 is 2.50 bits per heavy atom. The molecule has 0 aliphatic carbocycles. The van der Waals surface area contributed by atoms with Crippen LogP contribution in [0.5, 0.6) is 0 Å². The van der Waals surface area contributed by atoms with Crippen LogP contribution in [0.2, 0.25) is 0 Å². The van der Waals surface area contributed by atoms with Gasteiger partial charge in [0.2, 0.25) is 5.91 Å². The molecule has 0 saturated heterocycles. The maximum Gasteiger partial charge on any atom is 0.219 e. The van der Waals surface area contributed by atoms with E-state index in [-0.39, 0.29) is 11.9 Å². The number of aromatic nitrogens is 2. The zero-order chi connectivity index (χ0) is 14.5. The Labute approximate surface area is 122 Å². The number of rotatable bonds is 5. The van der Waals surface area contributed by atoms with E-state index in [1.165, 1.54) is 11.3 Å². The predicted octanol–water partition coefficient (Wildman–Crippen LogP) is 1.76. The highest BCUT2D eigenvalue weighted by atomic mass is 32.1. The van der Waals surface area contributed by atoms with Crippen molar-refractivity contribution in [3.63, 3.8) is 0 Å². The molecule has 5 nitrogen and oxygen atoms in total. The van der Waals surface area contributed by atoms with Crippen molar-refractivity contribution < 1.29 is 4.79 Å². The molecule has 0 aliphatic heterocycles. The highest BCUT2D eigenvalue weighted by molar-refractivity contribution is 7.09. The van der Waals surface area contributed by atoms with Gasteiger partial charge in [0.1, 0.15) is 10.5 Å². The van der Waals surface area contributed by atoms with Crippen molar-refractivity contribution >= 4 is 17.2 Å². The van der Waals surface area contributed by atoms with Gasteiger partial charge in [-0.1, -0.05) is 24.3 Å². The van der Waals surface area contributed by atoms with E-state index in [0.717, 1.165) is 22.6 Å². The first-order valence-corrected chi connectivity index (χ1v) is 7.27. The van der Waals surface area contributed by atoms with Gasteiger partial charge in [-0.25, -0.2) is 0 Å². The van der Waals surface area contributed by atoms with Gasteiger partial charge in [-0.3, -0.25) is 4.79 Å². The SMILES string of the molecule is CC(=O)N(C)C(Cc1ccc(CN)cc1)c1nncs1. The maximum atomic E-state index is 11.6. The lowest BCUT2D eigenvalue weighted by molar-refractivity contribution is -0.129. The fourth-order valence-electron chi connectivity index (χ4n) is 1.97. The molecule has 2 N–H and O–H groups in total. The summed E-state index contributed by atoms with van der Waals surface area (Å²) >= 11 is 1.47. The molecule has 1 aromatic heterocycles. The van der Waals surface area contributed by atoms with E-state index < -0.39 is 0 Å². The first kappa shape index (κ1) is 14.6. The van der Waals surface area contributed by atoms with Crippen molar-refractivity contribution in [1.82, 2.24) is 15.1 Å². The third-order valence-electron chi connectivity index (χ3n) is 3.31. The molecule has 0 bridgehead atoms. The van der Waals surface area contributed by atoms with Crippen molar-refractivity contribution in [2.24, 2.45) is 5.73 Å². The lowest BCUT2D eigenvalue weighted by atomic mass is 10.0. The van der Waals surface area contributed by atoms with Gasteiger partial charge in [0.25, 0.3) is 0 Å². The summed E-state index contributed by atoms with van der Waals surface area (Å²) in [6.45, 7) is 2.10. The van der Waals surface area contributed by atoms with Gasteiger partial charge in [-0.05, 0) is 17.5 Å². The normalized spacial score (nSPS) is 12.2. The fourth-order valence-corrected chi connectivity index (χ4v) is 2.67. The molecule has 0 radical (unpaired) electrons. The Morgan fingerprint density at radius 1 is 1.35 bits per heavy atom. The second-order valence-corrected chi connectivity index (χ2v) is 5.51. The average Bonchev–Trinajstić information content (AvgIpc) is 2.98. The Hall–Kier alpha value is -1.79. The number of amides is 1. The molecule has 2 rings (SSSR count). The summed E-state index contributed by atoms with van der Waals surface area (Å²) in [4.78, 5) is 13.3. The van der Waals surface area contributed by atoms with E-state index in [2.05, 4.69) is 10.2 Å². The van der Waals surface area contributed by atoms with Crippen molar-refractivity contribution in [2.45, 2.75) is 25.9 Å². The van der Waals surface area contributed by atoms with Gasteiger partial charge < -0.3 is 10.6 Å². The molecule has 106 valence electrons. The summed E-state index contributed by atoms with van der Waals surface area (Å²) in [5.74, 6) is 0.0174. The van der Waals surface area contributed by atoms with Gasteiger partial charge >= 0.3 is 0 Å². The molecule has 1 unspecified atom stereocenters. The summed E-state index contributed by atoms with van der Waals surface area (Å²) in [6, 6.07) is 8.04. The molecule has 20 heavy (non-hydrogen) atoms. The third kappa shape index (κ3) is 3.40. The van der Waals surface area contributed by atoms with E-state index in [1.54, 1.807) is 24.4 Å². The molecular weight excluding hydrogens is 272 g/mol. The number of nitrogens with zero attached hydrogens (tertiary/aromatic N) is 3. The van der Waals surface area contributed by atoms with Crippen LogP contribution in [0.25, 0.3) is 0 Å². The van der Waals surface area contributed by atoms with E-state index in [4.69, 9.17) is 5.73 Å². The van der Waals surface area contributed by atoms with Gasteiger partial charge in [-0.2, -0.15) is 0 Å². The van der Waals surface area contributed by atoms with Crippen LogP contribution in [-0.2, 0) is 17.8 Å². The lowest BCUT2D eigenvalue weighted by Gasteiger charge is -2.25. The Bertz CT molecular complexity index is 553. The second kappa shape index (κ2) is 6.58. The molecule has 1 heterocycles. The van der Waals surface area contributed by atoms with Crippen LogP contribution in [0.4, 0.5) is 0 Å². The molecular formula is C14H18N4OS. The Balaban J connectivity index is 2.21. The van der Waals surface area contributed by atoms with Crippen LogP contribution in [0.1, 0.15) is 29.1 Å². The average molecular weight is 290 g/mol. The largest absolute Gasteiger partial charge is 0.336 e. The third-order valence-corrected chi connectivity index (χ3v) is 4.11. The lowest BCUT2D eigenvalue weighted by Crippen LogP contribution is -2.30. The van der Waals surface area contributed by atoms with Gasteiger partial charge in [0.15, 0.2) is 0 Å². The fraction of sp³-hybridized carbons (Fsp3) is 0.357. The molecule has 1 aromatic carbocycles. The summed E-state index contributed by atoms with van der Waals surface area (Å²) in [5, 5.41) is 8.82. The molecule has 2 aromatic rings. The van der Waals surface area contributed by atoms with Gasteiger partial charge in [0, 0.05) is 20.5 Å². The first-order chi connectivity index (χ1) is 9.61. The van der Waals surface area contributed by atoms with Gasteiger partial charge in [0.05, 0.1) is 6.04 Å².